The molecule has 1 aliphatic heterocycles. The quantitative estimate of drug-likeness (QED) is 0.255. The van der Waals surface area contributed by atoms with Crippen molar-refractivity contribution in [1.29, 1.82) is 0 Å². The first-order valence-electron chi connectivity index (χ1n) is 10.6. The fourth-order valence-electron chi connectivity index (χ4n) is 3.34. The van der Waals surface area contributed by atoms with Crippen molar-refractivity contribution in [1.82, 2.24) is 5.32 Å². The van der Waals surface area contributed by atoms with Crippen LogP contribution in [-0.2, 0) is 17.8 Å². The Labute approximate surface area is 212 Å². The van der Waals surface area contributed by atoms with Crippen LogP contribution in [0, 0.1) is 3.57 Å². The van der Waals surface area contributed by atoms with E-state index in [9.17, 15) is 4.79 Å². The van der Waals surface area contributed by atoms with E-state index >= 15 is 0 Å². The molecule has 2 N–H and O–H groups in total. The molecule has 170 valence electrons. The van der Waals surface area contributed by atoms with Crippen molar-refractivity contribution in [2.24, 2.45) is 0 Å². The molecule has 7 heteroatoms. The Hall–Kier alpha value is -2.65. The van der Waals surface area contributed by atoms with E-state index in [2.05, 4.69) is 64.4 Å². The van der Waals surface area contributed by atoms with Crippen molar-refractivity contribution in [2.75, 3.05) is 12.4 Å². The number of hydrogen-bond donors (Lipinski definition) is 2. The highest BCUT2D eigenvalue weighted by molar-refractivity contribution is 14.1. The van der Waals surface area contributed by atoms with E-state index in [1.165, 1.54) is 20.9 Å². The van der Waals surface area contributed by atoms with E-state index in [0.717, 1.165) is 23.2 Å². The van der Waals surface area contributed by atoms with Crippen molar-refractivity contribution in [3.63, 3.8) is 0 Å². The Balaban J connectivity index is 1.41. The van der Waals surface area contributed by atoms with Gasteiger partial charge >= 0.3 is 0 Å². The highest BCUT2D eigenvalue weighted by Crippen LogP contribution is 2.33. The van der Waals surface area contributed by atoms with Crippen molar-refractivity contribution < 1.29 is 14.3 Å². The third kappa shape index (κ3) is 6.23. The maximum absolute atomic E-state index is 12.5. The Bertz CT molecular complexity index is 1150. The summed E-state index contributed by atoms with van der Waals surface area (Å²) in [5, 5.41) is 6.32. The second-order valence-electron chi connectivity index (χ2n) is 7.50. The SMILES string of the molecule is CCc1ccc(N[C@H]2NC(=O)/C(=C/c3ccc(OCc4ccc(I)cc4)c(OC)c3)S2)cc1. The lowest BCUT2D eigenvalue weighted by atomic mass is 10.1. The van der Waals surface area contributed by atoms with E-state index < -0.39 is 0 Å². The normalized spacial score (nSPS) is 16.5. The molecule has 1 fully saturated rings. The minimum Gasteiger partial charge on any atom is -0.493 e. The van der Waals surface area contributed by atoms with Crippen molar-refractivity contribution in [3.05, 3.63) is 91.9 Å². The number of carbonyl (C=O) groups excluding carboxylic acids is 1. The lowest BCUT2D eigenvalue weighted by molar-refractivity contribution is -0.116. The summed E-state index contributed by atoms with van der Waals surface area (Å²) in [7, 11) is 1.62. The Morgan fingerprint density at radius 3 is 2.45 bits per heavy atom. The molecule has 1 amide bonds. The minimum atomic E-state index is -0.213. The Kier molecular flexibility index (Phi) is 7.82. The van der Waals surface area contributed by atoms with Gasteiger partial charge in [-0.15, -0.1) is 0 Å². The standard InChI is InChI=1S/C26H25IN2O3S/c1-3-17-6-11-21(12-7-17)28-26-29-25(30)24(33-26)15-19-8-13-22(23(14-19)31-2)32-16-18-4-9-20(27)10-5-18/h4-15,26,28H,3,16H2,1-2H3,(H,29,30)/b24-15-/t26-/m0/s1. The minimum absolute atomic E-state index is 0.0966. The summed E-state index contributed by atoms with van der Waals surface area (Å²) >= 11 is 3.74. The third-order valence-corrected chi connectivity index (χ3v) is 6.93. The summed E-state index contributed by atoms with van der Waals surface area (Å²) in [5.41, 5.74) is 4.01. The van der Waals surface area contributed by atoms with Crippen molar-refractivity contribution in [2.45, 2.75) is 25.4 Å². The lowest BCUT2D eigenvalue weighted by Gasteiger charge is -2.13. The Morgan fingerprint density at radius 2 is 1.76 bits per heavy atom. The van der Waals surface area contributed by atoms with E-state index in [0.29, 0.717) is 23.0 Å². The van der Waals surface area contributed by atoms with Crippen LogP contribution in [0.4, 0.5) is 5.69 Å². The first kappa shape index (κ1) is 23.5. The number of thioether (sulfide) groups is 1. The van der Waals surface area contributed by atoms with Gasteiger partial charge in [-0.05, 0) is 88.2 Å². The average Bonchev–Trinajstić information content (AvgIpc) is 3.17. The number of aryl methyl sites for hydroxylation is 1. The van der Waals surface area contributed by atoms with Crippen LogP contribution in [0.2, 0.25) is 0 Å². The van der Waals surface area contributed by atoms with E-state index in [1.807, 2.05) is 48.5 Å². The van der Waals surface area contributed by atoms with Gasteiger partial charge in [0.15, 0.2) is 17.0 Å². The lowest BCUT2D eigenvalue weighted by Crippen LogP contribution is -2.30. The van der Waals surface area contributed by atoms with E-state index in [-0.39, 0.29) is 11.4 Å². The van der Waals surface area contributed by atoms with Crippen LogP contribution in [0.5, 0.6) is 11.5 Å². The highest BCUT2D eigenvalue weighted by atomic mass is 127. The summed E-state index contributed by atoms with van der Waals surface area (Å²) in [6, 6.07) is 22.1. The van der Waals surface area contributed by atoms with Crippen LogP contribution >= 0.6 is 34.4 Å². The maximum atomic E-state index is 12.5. The monoisotopic (exact) mass is 572 g/mol. The molecule has 1 saturated heterocycles. The maximum Gasteiger partial charge on any atom is 0.260 e. The fourth-order valence-corrected chi connectivity index (χ4v) is 4.68. The third-order valence-electron chi connectivity index (χ3n) is 5.18. The highest BCUT2D eigenvalue weighted by Gasteiger charge is 2.27. The molecular formula is C26H25IN2O3S. The molecule has 4 rings (SSSR count). The molecule has 0 aromatic heterocycles. The van der Waals surface area contributed by atoms with Crippen LogP contribution in [-0.4, -0.2) is 18.5 Å². The zero-order chi connectivity index (χ0) is 23.2. The molecule has 0 aliphatic carbocycles. The van der Waals surface area contributed by atoms with Gasteiger partial charge in [-0.25, -0.2) is 0 Å². The average molecular weight is 572 g/mol. The van der Waals surface area contributed by atoms with Crippen LogP contribution < -0.4 is 20.1 Å². The van der Waals surface area contributed by atoms with Gasteiger partial charge in [-0.3, -0.25) is 4.79 Å². The van der Waals surface area contributed by atoms with Crippen molar-refractivity contribution >= 4 is 52.0 Å². The van der Waals surface area contributed by atoms with E-state index in [1.54, 1.807) is 7.11 Å². The van der Waals surface area contributed by atoms with Gasteiger partial charge < -0.3 is 20.1 Å². The number of anilines is 1. The molecule has 0 bridgehead atoms. The molecule has 33 heavy (non-hydrogen) atoms. The number of amides is 1. The first-order valence-corrected chi connectivity index (χ1v) is 12.6. The summed E-state index contributed by atoms with van der Waals surface area (Å²) < 4.78 is 12.7. The molecule has 5 nitrogen and oxygen atoms in total. The van der Waals surface area contributed by atoms with Gasteiger partial charge in [0, 0.05) is 9.26 Å². The largest absolute Gasteiger partial charge is 0.493 e. The number of methoxy groups -OCH3 is 1. The summed E-state index contributed by atoms with van der Waals surface area (Å²) in [6.07, 6.45) is 2.87. The number of benzene rings is 3. The van der Waals surface area contributed by atoms with Crippen LogP contribution in [0.15, 0.2) is 71.6 Å². The smallest absolute Gasteiger partial charge is 0.260 e. The number of halogens is 1. The van der Waals surface area contributed by atoms with Gasteiger partial charge in [0.1, 0.15) is 6.61 Å². The fraction of sp³-hybridized carbons (Fsp3) is 0.192. The number of rotatable bonds is 8. The van der Waals surface area contributed by atoms with Crippen molar-refractivity contribution in [3.8, 4) is 11.5 Å². The molecular weight excluding hydrogens is 547 g/mol. The molecule has 1 atom stereocenters. The second kappa shape index (κ2) is 11.0. The molecule has 0 radical (unpaired) electrons. The molecule has 3 aromatic rings. The summed E-state index contributed by atoms with van der Waals surface area (Å²) in [5.74, 6) is 1.20. The first-order chi connectivity index (χ1) is 16.0. The predicted octanol–water partition coefficient (Wildman–Crippen LogP) is 6.04. The summed E-state index contributed by atoms with van der Waals surface area (Å²) in [6.45, 7) is 2.59. The molecule has 1 heterocycles. The van der Waals surface area contributed by atoms with Crippen LogP contribution in [0.1, 0.15) is 23.6 Å². The van der Waals surface area contributed by atoms with Gasteiger partial charge in [0.05, 0.1) is 12.0 Å². The topological polar surface area (TPSA) is 59.6 Å². The molecule has 0 unspecified atom stereocenters. The zero-order valence-electron chi connectivity index (χ0n) is 18.4. The number of hydrogen-bond acceptors (Lipinski definition) is 5. The molecule has 1 aliphatic rings. The van der Waals surface area contributed by atoms with Gasteiger partial charge in [-0.2, -0.15) is 0 Å². The molecule has 0 saturated carbocycles. The van der Waals surface area contributed by atoms with Gasteiger partial charge in [0.2, 0.25) is 0 Å². The zero-order valence-corrected chi connectivity index (χ0v) is 21.4. The Morgan fingerprint density at radius 1 is 1.03 bits per heavy atom. The molecule has 3 aromatic carbocycles. The number of ether oxygens (including phenoxy) is 2. The van der Waals surface area contributed by atoms with Crippen LogP contribution in [0.3, 0.4) is 0 Å². The van der Waals surface area contributed by atoms with E-state index in [4.69, 9.17) is 9.47 Å². The molecule has 0 spiro atoms. The number of carbonyl (C=O) groups is 1. The van der Waals surface area contributed by atoms with Gasteiger partial charge in [0.25, 0.3) is 5.91 Å². The summed E-state index contributed by atoms with van der Waals surface area (Å²) in [4.78, 5) is 13.1. The predicted molar refractivity (Wildman–Crippen MR) is 143 cm³/mol. The van der Waals surface area contributed by atoms with Crippen LogP contribution in [0.25, 0.3) is 6.08 Å². The number of nitrogens with one attached hydrogen (secondary N) is 2. The second-order valence-corrected chi connectivity index (χ2v) is 9.89. The van der Waals surface area contributed by atoms with Gasteiger partial charge in [-0.1, -0.05) is 49.0 Å².